The Hall–Kier alpha value is -1.49. The molecule has 0 radical (unpaired) electrons. The largest absolute Gasteiger partial charge is 0.497 e. The third-order valence-corrected chi connectivity index (χ3v) is 8.47. The molecule has 0 heterocycles. The molecule has 2 aromatic rings. The number of hydrogen-bond acceptors (Lipinski definition) is 4. The highest BCUT2D eigenvalue weighted by Crippen LogP contribution is 2.52. The Morgan fingerprint density at radius 3 is 2.80 bits per heavy atom. The van der Waals surface area contributed by atoms with Gasteiger partial charge in [-0.2, -0.15) is 0 Å². The second-order valence-electron chi connectivity index (χ2n) is 8.88. The van der Waals surface area contributed by atoms with Gasteiger partial charge in [0.1, 0.15) is 5.75 Å². The molecule has 0 aliphatic heterocycles. The van der Waals surface area contributed by atoms with Gasteiger partial charge in [0.05, 0.1) is 13.2 Å². The number of rotatable bonds is 8. The number of methoxy groups -OCH3 is 1. The summed E-state index contributed by atoms with van der Waals surface area (Å²) in [4.78, 5) is 1.22. The van der Waals surface area contributed by atoms with E-state index in [1.165, 1.54) is 48.1 Å². The second-order valence-corrected chi connectivity index (χ2v) is 9.98. The van der Waals surface area contributed by atoms with E-state index in [-0.39, 0.29) is 11.5 Å². The van der Waals surface area contributed by atoms with Gasteiger partial charge in [0.15, 0.2) is 0 Å². The smallest absolute Gasteiger partial charge is 0.119 e. The Balaban J connectivity index is 1.47. The van der Waals surface area contributed by atoms with Crippen LogP contribution in [0.25, 0.3) is 0 Å². The summed E-state index contributed by atoms with van der Waals surface area (Å²) in [6.07, 6.45) is 7.04. The van der Waals surface area contributed by atoms with Crippen molar-refractivity contribution >= 4 is 11.8 Å². The van der Waals surface area contributed by atoms with Gasteiger partial charge in [-0.1, -0.05) is 44.0 Å². The SMILES string of the molecule is CC[C@@]12CCCC[C@@H]1[C@@H](NCC(O)CSc1ccccc1)Cc1ccc(OC)cc12. The topological polar surface area (TPSA) is 41.5 Å². The highest BCUT2D eigenvalue weighted by Gasteiger charge is 2.48. The fourth-order valence-electron chi connectivity index (χ4n) is 5.79. The Kier molecular flexibility index (Phi) is 7.07. The van der Waals surface area contributed by atoms with Crippen LogP contribution in [0.5, 0.6) is 5.75 Å². The maximum absolute atomic E-state index is 10.6. The molecule has 2 N–H and O–H groups in total. The zero-order chi connectivity index (χ0) is 21.0. The summed E-state index contributed by atoms with van der Waals surface area (Å²) in [5.74, 6) is 2.33. The number of nitrogens with one attached hydrogen (secondary N) is 1. The van der Waals surface area contributed by atoms with Crippen molar-refractivity contribution in [3.8, 4) is 5.75 Å². The molecule has 30 heavy (non-hydrogen) atoms. The van der Waals surface area contributed by atoms with E-state index in [1.807, 2.05) is 6.07 Å². The fraction of sp³-hybridized carbons (Fsp3) is 0.538. The molecule has 2 aliphatic rings. The molecule has 4 rings (SSSR count). The summed E-state index contributed by atoms with van der Waals surface area (Å²) in [7, 11) is 1.76. The van der Waals surface area contributed by atoms with Crippen LogP contribution in [0, 0.1) is 5.92 Å². The minimum Gasteiger partial charge on any atom is -0.497 e. The number of aliphatic hydroxyl groups is 1. The van der Waals surface area contributed by atoms with Gasteiger partial charge in [0.25, 0.3) is 0 Å². The van der Waals surface area contributed by atoms with E-state index < -0.39 is 0 Å². The van der Waals surface area contributed by atoms with Crippen molar-refractivity contribution in [2.75, 3.05) is 19.4 Å². The Morgan fingerprint density at radius 2 is 2.03 bits per heavy atom. The second kappa shape index (κ2) is 9.76. The first kappa shape index (κ1) is 21.7. The van der Waals surface area contributed by atoms with Gasteiger partial charge in [-0.05, 0) is 72.4 Å². The zero-order valence-corrected chi connectivity index (χ0v) is 19.1. The number of aliphatic hydroxyl groups excluding tert-OH is 1. The monoisotopic (exact) mass is 425 g/mol. The lowest BCUT2D eigenvalue weighted by Gasteiger charge is -2.52. The predicted octanol–water partition coefficient (Wildman–Crippen LogP) is 5.20. The highest BCUT2D eigenvalue weighted by molar-refractivity contribution is 7.99. The quantitative estimate of drug-likeness (QED) is 0.570. The molecule has 1 fully saturated rings. The molecule has 1 saturated carbocycles. The van der Waals surface area contributed by atoms with E-state index in [4.69, 9.17) is 4.74 Å². The first-order valence-electron chi connectivity index (χ1n) is 11.4. The summed E-state index contributed by atoms with van der Waals surface area (Å²) in [6.45, 7) is 3.02. The third kappa shape index (κ3) is 4.42. The maximum atomic E-state index is 10.6. The van der Waals surface area contributed by atoms with Crippen LogP contribution in [0.4, 0.5) is 0 Å². The first-order valence-corrected chi connectivity index (χ1v) is 12.4. The van der Waals surface area contributed by atoms with Crippen LogP contribution in [0.2, 0.25) is 0 Å². The van der Waals surface area contributed by atoms with Crippen molar-refractivity contribution < 1.29 is 9.84 Å². The van der Waals surface area contributed by atoms with Crippen molar-refractivity contribution in [3.63, 3.8) is 0 Å². The average molecular weight is 426 g/mol. The van der Waals surface area contributed by atoms with Gasteiger partial charge in [-0.25, -0.2) is 0 Å². The van der Waals surface area contributed by atoms with Crippen LogP contribution in [0.15, 0.2) is 53.4 Å². The van der Waals surface area contributed by atoms with E-state index in [0.717, 1.165) is 17.9 Å². The normalized spacial score (nSPS) is 26.5. The van der Waals surface area contributed by atoms with Crippen LogP contribution in [0.3, 0.4) is 0 Å². The van der Waals surface area contributed by atoms with E-state index in [0.29, 0.717) is 18.5 Å². The number of benzene rings is 2. The van der Waals surface area contributed by atoms with Crippen molar-refractivity contribution in [1.82, 2.24) is 5.32 Å². The molecule has 0 aromatic heterocycles. The fourth-order valence-corrected chi connectivity index (χ4v) is 6.64. The molecule has 162 valence electrons. The molecule has 0 bridgehead atoms. The molecule has 0 amide bonds. The average Bonchev–Trinajstić information content (AvgIpc) is 2.81. The molecule has 4 atom stereocenters. The van der Waals surface area contributed by atoms with E-state index in [1.54, 1.807) is 18.9 Å². The van der Waals surface area contributed by atoms with Crippen LogP contribution in [0.1, 0.15) is 50.2 Å². The summed E-state index contributed by atoms with van der Waals surface area (Å²) >= 11 is 1.73. The summed E-state index contributed by atoms with van der Waals surface area (Å²) in [5.41, 5.74) is 3.22. The lowest BCUT2D eigenvalue weighted by Crippen LogP contribution is -2.55. The molecular formula is C26H35NO2S. The summed E-state index contributed by atoms with van der Waals surface area (Å²) in [6, 6.07) is 17.5. The molecule has 0 saturated heterocycles. The lowest BCUT2D eigenvalue weighted by molar-refractivity contribution is 0.105. The Morgan fingerprint density at radius 1 is 1.20 bits per heavy atom. The van der Waals surface area contributed by atoms with Crippen molar-refractivity contribution in [1.29, 1.82) is 0 Å². The molecule has 2 aliphatic carbocycles. The van der Waals surface area contributed by atoms with Gasteiger partial charge in [0, 0.05) is 23.2 Å². The van der Waals surface area contributed by atoms with E-state index in [9.17, 15) is 5.11 Å². The minimum absolute atomic E-state index is 0.238. The van der Waals surface area contributed by atoms with Crippen LogP contribution < -0.4 is 10.1 Å². The number of fused-ring (bicyclic) bond motifs is 3. The minimum atomic E-state index is -0.341. The standard InChI is InChI=1S/C26H35NO2S/c1-3-26-14-8-7-11-23(26)25(15-19-12-13-21(29-2)16-24(19)26)27-17-20(28)18-30-22-9-5-4-6-10-22/h4-6,9-10,12-13,16,20,23,25,27-28H,3,7-8,11,14-15,17-18H2,1-2H3/t20?,23-,25+,26-/m1/s1. The summed E-state index contributed by atoms with van der Waals surface area (Å²) in [5, 5.41) is 14.4. The molecule has 1 unspecified atom stereocenters. The molecule has 2 aromatic carbocycles. The van der Waals surface area contributed by atoms with Crippen LogP contribution in [-0.4, -0.2) is 36.7 Å². The first-order chi connectivity index (χ1) is 14.7. The number of ether oxygens (including phenoxy) is 1. The maximum Gasteiger partial charge on any atom is 0.119 e. The highest BCUT2D eigenvalue weighted by atomic mass is 32.2. The number of thioether (sulfide) groups is 1. The van der Waals surface area contributed by atoms with Crippen molar-refractivity contribution in [2.45, 2.75) is 67.9 Å². The van der Waals surface area contributed by atoms with Gasteiger partial charge in [0.2, 0.25) is 0 Å². The van der Waals surface area contributed by atoms with Gasteiger partial charge in [-0.15, -0.1) is 11.8 Å². The van der Waals surface area contributed by atoms with Gasteiger partial charge >= 0.3 is 0 Å². The van der Waals surface area contributed by atoms with E-state index in [2.05, 4.69) is 54.7 Å². The molecular weight excluding hydrogens is 390 g/mol. The van der Waals surface area contributed by atoms with Crippen LogP contribution >= 0.6 is 11.8 Å². The van der Waals surface area contributed by atoms with Crippen LogP contribution in [-0.2, 0) is 11.8 Å². The summed E-state index contributed by atoms with van der Waals surface area (Å²) < 4.78 is 5.57. The molecule has 0 spiro atoms. The van der Waals surface area contributed by atoms with E-state index >= 15 is 0 Å². The zero-order valence-electron chi connectivity index (χ0n) is 18.3. The molecule has 3 nitrogen and oxygen atoms in total. The molecule has 4 heteroatoms. The predicted molar refractivity (Wildman–Crippen MR) is 126 cm³/mol. The van der Waals surface area contributed by atoms with Crippen molar-refractivity contribution in [2.24, 2.45) is 5.92 Å². The third-order valence-electron chi connectivity index (χ3n) is 7.31. The Bertz CT molecular complexity index is 827. The lowest BCUT2D eigenvalue weighted by atomic mass is 9.54. The van der Waals surface area contributed by atoms with Crippen molar-refractivity contribution in [3.05, 3.63) is 59.7 Å². The van der Waals surface area contributed by atoms with Gasteiger partial charge < -0.3 is 15.2 Å². The van der Waals surface area contributed by atoms with Gasteiger partial charge in [-0.3, -0.25) is 0 Å². The number of hydrogen-bond donors (Lipinski definition) is 2. The Labute approximate surface area is 185 Å².